The number of hydrogen-bond donors (Lipinski definition) is 1. The Bertz CT molecular complexity index is 341. The van der Waals surface area contributed by atoms with Gasteiger partial charge in [0, 0.05) is 30.9 Å². The maximum atomic E-state index is 11.0. The number of allylic oxidation sites excluding steroid dienone is 2. The van der Waals surface area contributed by atoms with E-state index >= 15 is 0 Å². The molecule has 5 heteroatoms. The van der Waals surface area contributed by atoms with E-state index in [9.17, 15) is 4.79 Å². The summed E-state index contributed by atoms with van der Waals surface area (Å²) in [4.78, 5) is 18.8. The first-order valence-electron chi connectivity index (χ1n) is 4.31. The summed E-state index contributed by atoms with van der Waals surface area (Å²) in [6, 6.07) is 0. The van der Waals surface area contributed by atoms with Crippen molar-refractivity contribution >= 4 is 18.3 Å². The minimum absolute atomic E-state index is 0.205. The lowest BCUT2D eigenvalue weighted by Crippen LogP contribution is -2.13. The molecule has 1 heterocycles. The molecule has 0 spiro atoms. The first kappa shape index (κ1) is 10.9. The van der Waals surface area contributed by atoms with Crippen molar-refractivity contribution in [2.45, 2.75) is 0 Å². The van der Waals surface area contributed by atoms with E-state index in [4.69, 9.17) is 4.74 Å². The fourth-order valence-corrected chi connectivity index (χ4v) is 0.720. The van der Waals surface area contributed by atoms with Gasteiger partial charge in [-0.25, -0.2) is 0 Å². The van der Waals surface area contributed by atoms with Gasteiger partial charge in [0.15, 0.2) is 6.73 Å². The van der Waals surface area contributed by atoms with Crippen LogP contribution in [0.25, 0.3) is 0 Å². The van der Waals surface area contributed by atoms with Crippen LogP contribution in [0.4, 0.5) is 0 Å². The topological polar surface area (TPSA) is 63.0 Å². The molecule has 0 saturated heterocycles. The summed E-state index contributed by atoms with van der Waals surface area (Å²) >= 11 is 0. The third-order valence-electron chi connectivity index (χ3n) is 1.32. The maximum absolute atomic E-state index is 11.0. The molecule has 0 atom stereocenters. The molecular weight excluding hydrogens is 194 g/mol. The van der Waals surface area contributed by atoms with Crippen LogP contribution in [0.1, 0.15) is 0 Å². The fourth-order valence-electron chi connectivity index (χ4n) is 0.720. The van der Waals surface area contributed by atoms with E-state index in [1.54, 1.807) is 18.5 Å². The van der Waals surface area contributed by atoms with Crippen molar-refractivity contribution in [2.75, 3.05) is 6.73 Å². The van der Waals surface area contributed by atoms with Gasteiger partial charge in [0.05, 0.1) is 0 Å². The summed E-state index contributed by atoms with van der Waals surface area (Å²) in [5.41, 5.74) is 0. The van der Waals surface area contributed by atoms with Gasteiger partial charge in [-0.1, -0.05) is 0 Å². The monoisotopic (exact) mass is 205 g/mol. The molecule has 0 aliphatic carbocycles. The zero-order valence-electron chi connectivity index (χ0n) is 8.04. The van der Waals surface area contributed by atoms with Crippen LogP contribution in [0.5, 0.6) is 0 Å². The Hall–Kier alpha value is -2.17. The highest BCUT2D eigenvalue weighted by molar-refractivity contribution is 5.92. The summed E-state index contributed by atoms with van der Waals surface area (Å²) < 4.78 is 4.94. The van der Waals surface area contributed by atoms with Crippen LogP contribution >= 0.6 is 0 Å². The van der Waals surface area contributed by atoms with Gasteiger partial charge in [0.25, 0.3) is 0 Å². The number of nitrogens with one attached hydrogen (secondary N) is 1. The molecule has 0 aromatic rings. The Morgan fingerprint density at radius 3 is 3.20 bits per heavy atom. The second-order valence-electron chi connectivity index (χ2n) is 2.44. The molecule has 15 heavy (non-hydrogen) atoms. The molecule has 0 unspecified atom stereocenters. The largest absolute Gasteiger partial charge is 0.477 e. The highest BCUT2D eigenvalue weighted by Gasteiger charge is 1.87. The van der Waals surface area contributed by atoms with Gasteiger partial charge >= 0.3 is 0 Å². The van der Waals surface area contributed by atoms with E-state index in [1.165, 1.54) is 30.8 Å². The number of aliphatic imine (C=N–C) groups is 2. The Morgan fingerprint density at radius 2 is 2.27 bits per heavy atom. The Balaban J connectivity index is 2.59. The highest BCUT2D eigenvalue weighted by Crippen LogP contribution is 1.81. The summed E-state index contributed by atoms with van der Waals surface area (Å²) in [6.07, 6.45) is 12.0. The molecule has 5 nitrogen and oxygen atoms in total. The number of hydrogen-bond acceptors (Lipinski definition) is 4. The van der Waals surface area contributed by atoms with Crippen molar-refractivity contribution in [3.8, 4) is 0 Å². The maximum Gasteiger partial charge on any atom is 0.248 e. The zero-order valence-corrected chi connectivity index (χ0v) is 8.04. The van der Waals surface area contributed by atoms with Gasteiger partial charge in [0.1, 0.15) is 6.26 Å². The van der Waals surface area contributed by atoms with Crippen LogP contribution in [-0.2, 0) is 9.53 Å². The molecule has 0 fully saturated rings. The van der Waals surface area contributed by atoms with Gasteiger partial charge in [-0.2, -0.15) is 0 Å². The number of carbonyl (C=O) groups excluding carboxylic acids is 1. The molecule has 1 aliphatic rings. The van der Waals surface area contributed by atoms with Crippen LogP contribution in [0.15, 0.2) is 46.9 Å². The first-order valence-corrected chi connectivity index (χ1v) is 4.31. The van der Waals surface area contributed by atoms with E-state index in [1.807, 2.05) is 0 Å². The summed E-state index contributed by atoms with van der Waals surface area (Å²) in [7, 11) is 0. The van der Waals surface area contributed by atoms with Gasteiger partial charge in [0.2, 0.25) is 5.91 Å². The smallest absolute Gasteiger partial charge is 0.248 e. The van der Waals surface area contributed by atoms with Gasteiger partial charge in [-0.05, 0) is 12.2 Å². The van der Waals surface area contributed by atoms with E-state index in [0.29, 0.717) is 0 Å². The summed E-state index contributed by atoms with van der Waals surface area (Å²) in [5, 5.41) is 2.47. The molecule has 78 valence electrons. The summed E-state index contributed by atoms with van der Waals surface area (Å²) in [5.74, 6) is -0.245. The van der Waals surface area contributed by atoms with Gasteiger partial charge < -0.3 is 10.1 Å². The second-order valence-corrected chi connectivity index (χ2v) is 2.44. The average Bonchev–Trinajstić information content (AvgIpc) is 2.24. The van der Waals surface area contributed by atoms with Crippen LogP contribution in [0, 0.1) is 0 Å². The lowest BCUT2D eigenvalue weighted by Gasteiger charge is -1.94. The summed E-state index contributed by atoms with van der Waals surface area (Å²) in [6.45, 7) is 0.205. The number of carbonyl (C=O) groups is 1. The third kappa shape index (κ3) is 5.98. The second kappa shape index (κ2) is 7.25. The van der Waals surface area contributed by atoms with Crippen molar-refractivity contribution in [1.29, 1.82) is 0 Å². The molecule has 0 aromatic heterocycles. The van der Waals surface area contributed by atoms with Crippen molar-refractivity contribution in [1.82, 2.24) is 5.32 Å². The molecule has 0 bridgehead atoms. The standard InChI is InChI=1S/C10H11N3O2/c14-10-3-1-4-11-5-2-6-12-9-15-8-7-13-10/h1-8H,9H2,(H,13,14). The molecule has 0 radical (unpaired) electrons. The Morgan fingerprint density at radius 1 is 1.33 bits per heavy atom. The Kier molecular flexibility index (Phi) is 5.28. The van der Waals surface area contributed by atoms with E-state index in [-0.39, 0.29) is 12.6 Å². The van der Waals surface area contributed by atoms with Crippen molar-refractivity contribution in [3.05, 3.63) is 36.9 Å². The van der Waals surface area contributed by atoms with Gasteiger partial charge in [-0.15, -0.1) is 0 Å². The molecule has 1 aliphatic heterocycles. The molecule has 1 N–H and O–H groups in total. The van der Waals surface area contributed by atoms with Crippen LogP contribution < -0.4 is 5.32 Å². The quantitative estimate of drug-likeness (QED) is 0.635. The molecule has 1 amide bonds. The normalized spacial score (nSPS) is 16.9. The van der Waals surface area contributed by atoms with Crippen molar-refractivity contribution < 1.29 is 9.53 Å². The van der Waals surface area contributed by atoms with Crippen LogP contribution in [0.2, 0.25) is 0 Å². The first-order chi connectivity index (χ1) is 7.39. The SMILES string of the molecule is O=C1C=CC=NC=CC=NCOC=CN1. The molecule has 1 rings (SSSR count). The number of ether oxygens (including phenoxy) is 1. The zero-order chi connectivity index (χ0) is 10.8. The highest BCUT2D eigenvalue weighted by atomic mass is 16.5. The lowest BCUT2D eigenvalue weighted by molar-refractivity contribution is -0.115. The Labute approximate surface area is 87.6 Å². The van der Waals surface area contributed by atoms with E-state index in [2.05, 4.69) is 15.3 Å². The predicted octanol–water partition coefficient (Wildman–Crippen LogP) is 0.773. The third-order valence-corrected chi connectivity index (χ3v) is 1.32. The number of amides is 1. The van der Waals surface area contributed by atoms with Crippen molar-refractivity contribution in [2.24, 2.45) is 9.98 Å². The minimum atomic E-state index is -0.245. The van der Waals surface area contributed by atoms with Crippen molar-refractivity contribution in [3.63, 3.8) is 0 Å². The fraction of sp³-hybridized carbons (Fsp3) is 0.100. The van der Waals surface area contributed by atoms with E-state index in [0.717, 1.165) is 0 Å². The average molecular weight is 205 g/mol. The minimum Gasteiger partial charge on any atom is -0.477 e. The number of rotatable bonds is 0. The van der Waals surface area contributed by atoms with E-state index < -0.39 is 0 Å². The molecule has 0 aromatic carbocycles. The molecular formula is C10H11N3O2. The molecule has 0 saturated carbocycles. The lowest BCUT2D eigenvalue weighted by atomic mass is 10.5. The number of nitrogens with zero attached hydrogens (tertiary/aromatic N) is 2. The van der Waals surface area contributed by atoms with Crippen LogP contribution in [-0.4, -0.2) is 25.1 Å². The predicted molar refractivity (Wildman–Crippen MR) is 58.5 cm³/mol. The van der Waals surface area contributed by atoms with Gasteiger partial charge in [-0.3, -0.25) is 14.8 Å². The van der Waals surface area contributed by atoms with Crippen LogP contribution in [0.3, 0.4) is 0 Å².